The van der Waals surface area contributed by atoms with Crippen LogP contribution < -0.4 is 10.2 Å². The van der Waals surface area contributed by atoms with E-state index in [1.165, 1.54) is 0 Å². The van der Waals surface area contributed by atoms with Crippen LogP contribution in [0.2, 0.25) is 0 Å². The van der Waals surface area contributed by atoms with Crippen LogP contribution >= 0.6 is 0 Å². The lowest BCUT2D eigenvalue weighted by Crippen LogP contribution is -2.49. The smallest absolute Gasteiger partial charge is 0.253 e. The van der Waals surface area contributed by atoms with E-state index in [1.807, 2.05) is 4.90 Å². The zero-order valence-electron chi connectivity index (χ0n) is 14.5. The molecular weight excluding hydrogens is 330 g/mol. The van der Waals surface area contributed by atoms with Gasteiger partial charge in [0.1, 0.15) is 0 Å². The van der Waals surface area contributed by atoms with Crippen LogP contribution in [0.5, 0.6) is 0 Å². The molecule has 2 aliphatic rings. The molecule has 0 atom stereocenters. The third-order valence-electron chi connectivity index (χ3n) is 4.75. The van der Waals surface area contributed by atoms with Crippen LogP contribution in [0.15, 0.2) is 42.7 Å². The van der Waals surface area contributed by atoms with E-state index in [0.717, 1.165) is 18.5 Å². The number of rotatable bonds is 4. The van der Waals surface area contributed by atoms with Crippen molar-refractivity contribution in [1.29, 1.82) is 0 Å². The predicted molar refractivity (Wildman–Crippen MR) is 97.9 cm³/mol. The molecule has 1 saturated carbocycles. The average molecular weight is 351 g/mol. The van der Waals surface area contributed by atoms with Gasteiger partial charge in [-0.25, -0.2) is 9.97 Å². The van der Waals surface area contributed by atoms with Crippen molar-refractivity contribution in [2.45, 2.75) is 12.8 Å². The van der Waals surface area contributed by atoms with Crippen molar-refractivity contribution in [3.05, 3.63) is 48.3 Å². The summed E-state index contributed by atoms with van der Waals surface area (Å²) in [6.07, 6.45) is 5.40. The van der Waals surface area contributed by atoms with Gasteiger partial charge in [0.2, 0.25) is 11.9 Å². The second kappa shape index (κ2) is 7.11. The minimum Gasteiger partial charge on any atom is -0.337 e. The van der Waals surface area contributed by atoms with Crippen molar-refractivity contribution in [2.24, 2.45) is 5.92 Å². The van der Waals surface area contributed by atoms with Crippen LogP contribution in [0.3, 0.4) is 0 Å². The quantitative estimate of drug-likeness (QED) is 0.909. The van der Waals surface area contributed by atoms with Crippen molar-refractivity contribution in [2.75, 3.05) is 36.4 Å². The fourth-order valence-electron chi connectivity index (χ4n) is 3.03. The zero-order chi connectivity index (χ0) is 17.9. The highest BCUT2D eigenvalue weighted by Gasteiger charge is 2.29. The molecule has 0 bridgehead atoms. The number of carbonyl (C=O) groups excluding carboxylic acids is 2. The van der Waals surface area contributed by atoms with Gasteiger partial charge < -0.3 is 15.1 Å². The molecule has 7 nitrogen and oxygen atoms in total. The summed E-state index contributed by atoms with van der Waals surface area (Å²) in [5, 5.41) is 2.89. The molecule has 7 heteroatoms. The van der Waals surface area contributed by atoms with E-state index in [1.54, 1.807) is 42.7 Å². The molecule has 1 aromatic carbocycles. The van der Waals surface area contributed by atoms with Gasteiger partial charge in [-0.1, -0.05) is 0 Å². The minimum atomic E-state index is 0.0127. The SMILES string of the molecule is O=C(Nc1ccc(C(=O)N2CCN(c3ncccn3)CC2)cc1)C1CC1. The van der Waals surface area contributed by atoms with Crippen LogP contribution in [0.1, 0.15) is 23.2 Å². The van der Waals surface area contributed by atoms with E-state index in [-0.39, 0.29) is 17.7 Å². The van der Waals surface area contributed by atoms with E-state index < -0.39 is 0 Å². The van der Waals surface area contributed by atoms with Crippen LogP contribution in [0, 0.1) is 5.92 Å². The van der Waals surface area contributed by atoms with Crippen molar-refractivity contribution < 1.29 is 9.59 Å². The molecule has 1 aromatic heterocycles. The van der Waals surface area contributed by atoms with Crippen molar-refractivity contribution in [3.8, 4) is 0 Å². The average Bonchev–Trinajstić information content (AvgIpc) is 3.54. The summed E-state index contributed by atoms with van der Waals surface area (Å²) in [6, 6.07) is 8.93. The largest absolute Gasteiger partial charge is 0.337 e. The van der Waals surface area contributed by atoms with Gasteiger partial charge in [-0.2, -0.15) is 0 Å². The highest BCUT2D eigenvalue weighted by molar-refractivity contribution is 5.96. The Bertz CT molecular complexity index is 781. The number of hydrogen-bond donors (Lipinski definition) is 1. The van der Waals surface area contributed by atoms with Crippen molar-refractivity contribution in [3.63, 3.8) is 0 Å². The first kappa shape index (κ1) is 16.5. The fourth-order valence-corrected chi connectivity index (χ4v) is 3.03. The highest BCUT2D eigenvalue weighted by Crippen LogP contribution is 2.30. The van der Waals surface area contributed by atoms with Crippen LogP contribution in [0.4, 0.5) is 11.6 Å². The number of piperazine rings is 1. The summed E-state index contributed by atoms with van der Waals surface area (Å²) in [7, 11) is 0. The molecule has 2 fully saturated rings. The lowest BCUT2D eigenvalue weighted by molar-refractivity contribution is -0.117. The van der Waals surface area contributed by atoms with Gasteiger partial charge in [0.15, 0.2) is 0 Å². The molecule has 2 aromatic rings. The number of carbonyl (C=O) groups is 2. The summed E-state index contributed by atoms with van der Waals surface area (Å²) in [5.41, 5.74) is 1.38. The lowest BCUT2D eigenvalue weighted by Gasteiger charge is -2.34. The Morgan fingerprint density at radius 1 is 0.962 bits per heavy atom. The molecule has 2 amide bonds. The summed E-state index contributed by atoms with van der Waals surface area (Å²) in [6.45, 7) is 2.70. The van der Waals surface area contributed by atoms with E-state index >= 15 is 0 Å². The fraction of sp³-hybridized carbons (Fsp3) is 0.368. The molecule has 4 rings (SSSR count). The lowest BCUT2D eigenvalue weighted by atomic mass is 10.1. The Labute approximate surface area is 152 Å². The van der Waals surface area contributed by atoms with Gasteiger partial charge >= 0.3 is 0 Å². The number of hydrogen-bond acceptors (Lipinski definition) is 5. The summed E-state index contributed by atoms with van der Waals surface area (Å²) in [4.78, 5) is 36.9. The number of nitrogens with one attached hydrogen (secondary N) is 1. The van der Waals surface area contributed by atoms with E-state index in [4.69, 9.17) is 0 Å². The van der Waals surface area contributed by atoms with Gasteiger partial charge in [-0.15, -0.1) is 0 Å². The third kappa shape index (κ3) is 3.66. The van der Waals surface area contributed by atoms with Crippen molar-refractivity contribution >= 4 is 23.5 Å². The minimum absolute atomic E-state index is 0.0127. The molecule has 134 valence electrons. The molecule has 1 N–H and O–H groups in total. The Hall–Kier alpha value is -2.96. The van der Waals surface area contributed by atoms with Gasteiger partial charge in [0.25, 0.3) is 5.91 Å². The standard InChI is InChI=1S/C19H21N5O2/c25-17(14-2-3-14)22-16-6-4-15(5-7-16)18(26)23-10-12-24(13-11-23)19-20-8-1-9-21-19/h1,4-9,14H,2-3,10-13H2,(H,22,25). The van der Waals surface area contributed by atoms with E-state index in [9.17, 15) is 9.59 Å². The van der Waals surface area contributed by atoms with Crippen LogP contribution in [0.25, 0.3) is 0 Å². The Morgan fingerprint density at radius 2 is 1.62 bits per heavy atom. The molecular formula is C19H21N5O2. The maximum atomic E-state index is 12.7. The first-order valence-electron chi connectivity index (χ1n) is 8.93. The Kier molecular flexibility index (Phi) is 4.51. The molecule has 2 heterocycles. The third-order valence-corrected chi connectivity index (χ3v) is 4.75. The predicted octanol–water partition coefficient (Wildman–Crippen LogP) is 1.79. The monoisotopic (exact) mass is 351 g/mol. The topological polar surface area (TPSA) is 78.4 Å². The normalized spacial score (nSPS) is 17.1. The van der Waals surface area contributed by atoms with Gasteiger partial charge in [0.05, 0.1) is 0 Å². The summed E-state index contributed by atoms with van der Waals surface area (Å²) in [5.74, 6) is 0.957. The first-order valence-corrected chi connectivity index (χ1v) is 8.93. The number of anilines is 2. The number of amides is 2. The van der Waals surface area contributed by atoms with Crippen molar-refractivity contribution in [1.82, 2.24) is 14.9 Å². The van der Waals surface area contributed by atoms with Gasteiger partial charge in [0, 0.05) is 55.7 Å². The molecule has 26 heavy (non-hydrogen) atoms. The number of benzene rings is 1. The molecule has 1 aliphatic heterocycles. The second-order valence-electron chi connectivity index (χ2n) is 6.67. The molecule has 0 radical (unpaired) electrons. The maximum Gasteiger partial charge on any atom is 0.253 e. The second-order valence-corrected chi connectivity index (χ2v) is 6.67. The van der Waals surface area contributed by atoms with E-state index in [0.29, 0.717) is 37.7 Å². The molecule has 0 spiro atoms. The molecule has 1 aliphatic carbocycles. The van der Waals surface area contributed by atoms with Crippen LogP contribution in [-0.4, -0.2) is 52.9 Å². The number of nitrogens with zero attached hydrogens (tertiary/aromatic N) is 4. The Morgan fingerprint density at radius 3 is 2.23 bits per heavy atom. The maximum absolute atomic E-state index is 12.7. The highest BCUT2D eigenvalue weighted by atomic mass is 16.2. The van der Waals surface area contributed by atoms with Gasteiger partial charge in [-0.3, -0.25) is 9.59 Å². The molecule has 1 saturated heterocycles. The summed E-state index contributed by atoms with van der Waals surface area (Å²) < 4.78 is 0. The van der Waals surface area contributed by atoms with Gasteiger partial charge in [-0.05, 0) is 43.2 Å². The Balaban J connectivity index is 1.33. The molecule has 0 unspecified atom stereocenters. The number of aromatic nitrogens is 2. The van der Waals surface area contributed by atoms with Crippen LogP contribution in [-0.2, 0) is 4.79 Å². The zero-order valence-corrected chi connectivity index (χ0v) is 14.5. The summed E-state index contributed by atoms with van der Waals surface area (Å²) >= 11 is 0. The van der Waals surface area contributed by atoms with E-state index in [2.05, 4.69) is 20.2 Å². The first-order chi connectivity index (χ1) is 12.7.